The predicted octanol–water partition coefficient (Wildman–Crippen LogP) is 4.79. The standard InChI is InChI=1S/C16H19BS/c1-16(2,3)18(17,14-10-6-4-7-11-14)15-12-8-5-9-13-15/h4-13H,1-3H3. The van der Waals surface area contributed by atoms with Gasteiger partial charge in [0.25, 0.3) is 0 Å². The molecule has 0 aliphatic rings. The van der Waals surface area contributed by atoms with Crippen LogP contribution in [0.15, 0.2) is 70.5 Å². The van der Waals surface area contributed by atoms with Crippen molar-refractivity contribution in [1.82, 2.24) is 0 Å². The molecule has 0 heterocycles. The molecule has 2 aromatic rings. The van der Waals surface area contributed by atoms with Gasteiger partial charge in [0.15, 0.2) is 0 Å². The third kappa shape index (κ3) is 2.22. The maximum absolute atomic E-state index is 6.90. The molecule has 0 radical (unpaired) electrons. The van der Waals surface area contributed by atoms with Gasteiger partial charge in [0.1, 0.15) is 0 Å². The van der Waals surface area contributed by atoms with E-state index in [0.29, 0.717) is 0 Å². The van der Waals surface area contributed by atoms with Crippen LogP contribution in [0, 0.1) is 0 Å². The Morgan fingerprint density at radius 3 is 1.33 bits per heavy atom. The summed E-state index contributed by atoms with van der Waals surface area (Å²) in [7, 11) is -1.51. The molecule has 2 heteroatoms. The zero-order chi connectivity index (χ0) is 13.2. The SMILES string of the molecule is B#S(c1ccccc1)(c1ccccc1)C(C)(C)C. The average molecular weight is 254 g/mol. The molecule has 0 amide bonds. The molecule has 18 heavy (non-hydrogen) atoms. The molecule has 0 N–H and O–H groups in total. The van der Waals surface area contributed by atoms with Gasteiger partial charge in [0, 0.05) is 0 Å². The van der Waals surface area contributed by atoms with Crippen molar-refractivity contribution in [3.63, 3.8) is 0 Å². The molecule has 0 saturated heterocycles. The van der Waals surface area contributed by atoms with E-state index < -0.39 is 9.26 Å². The molecule has 0 unspecified atom stereocenters. The molecule has 92 valence electrons. The monoisotopic (exact) mass is 254 g/mol. The van der Waals surface area contributed by atoms with Gasteiger partial charge in [-0.25, -0.2) is 0 Å². The van der Waals surface area contributed by atoms with Crippen LogP contribution in [0.4, 0.5) is 0 Å². The van der Waals surface area contributed by atoms with Crippen LogP contribution in [-0.2, 0) is 0 Å². The number of hydrogen-bond donors (Lipinski definition) is 0. The van der Waals surface area contributed by atoms with Crippen LogP contribution in [0.3, 0.4) is 0 Å². The van der Waals surface area contributed by atoms with E-state index >= 15 is 0 Å². The summed E-state index contributed by atoms with van der Waals surface area (Å²) in [4.78, 5) is 2.48. The molecule has 0 atom stereocenters. The van der Waals surface area contributed by atoms with Crippen molar-refractivity contribution in [2.24, 2.45) is 0 Å². The van der Waals surface area contributed by atoms with E-state index in [1.807, 2.05) is 12.1 Å². The van der Waals surface area contributed by atoms with Crippen molar-refractivity contribution < 1.29 is 0 Å². The summed E-state index contributed by atoms with van der Waals surface area (Å²) in [5.74, 6) is 0. The maximum atomic E-state index is 6.90. The van der Waals surface area contributed by atoms with Gasteiger partial charge in [-0.1, -0.05) is 0 Å². The fourth-order valence-electron chi connectivity index (χ4n) is 2.11. The normalized spacial score (nSPS) is 12.5. The van der Waals surface area contributed by atoms with Gasteiger partial charge < -0.3 is 0 Å². The van der Waals surface area contributed by atoms with Crippen LogP contribution in [0.1, 0.15) is 20.8 Å². The molecule has 0 nitrogen and oxygen atoms in total. The summed E-state index contributed by atoms with van der Waals surface area (Å²) in [5.41, 5.74) is 0. The van der Waals surface area contributed by atoms with Crippen LogP contribution in [0.25, 0.3) is 0 Å². The van der Waals surface area contributed by atoms with E-state index in [1.54, 1.807) is 0 Å². The third-order valence-corrected chi connectivity index (χ3v) is 7.16. The van der Waals surface area contributed by atoms with Gasteiger partial charge in [-0.3, -0.25) is 0 Å². The van der Waals surface area contributed by atoms with Crippen molar-refractivity contribution in [2.75, 3.05) is 0 Å². The second kappa shape index (κ2) is 4.85. The Morgan fingerprint density at radius 1 is 0.722 bits per heavy atom. The second-order valence-electron chi connectivity index (χ2n) is 5.40. The van der Waals surface area contributed by atoms with E-state index in [9.17, 15) is 0 Å². The Kier molecular flexibility index (Phi) is 3.58. The summed E-state index contributed by atoms with van der Waals surface area (Å²) >= 11 is 0. The molecule has 0 saturated carbocycles. The van der Waals surface area contributed by atoms with Gasteiger partial charge in [-0.05, 0) is 0 Å². The van der Waals surface area contributed by atoms with Crippen LogP contribution >= 0.6 is 9.26 Å². The molecule has 0 fully saturated rings. The molecular formula is C16H19BS. The second-order valence-corrected chi connectivity index (χ2v) is 8.89. The van der Waals surface area contributed by atoms with Gasteiger partial charge >= 0.3 is 112 Å². The first kappa shape index (κ1) is 13.3. The molecule has 0 spiro atoms. The van der Waals surface area contributed by atoms with Crippen molar-refractivity contribution in [2.45, 2.75) is 35.3 Å². The molecule has 2 aromatic carbocycles. The average Bonchev–Trinajstić information content (AvgIpc) is 2.38. The molecule has 0 bridgehead atoms. The quantitative estimate of drug-likeness (QED) is 0.593. The Morgan fingerprint density at radius 2 is 1.06 bits per heavy atom. The first-order chi connectivity index (χ1) is 8.46. The molecule has 0 aliphatic carbocycles. The molecular weight excluding hydrogens is 235 g/mol. The van der Waals surface area contributed by atoms with Crippen molar-refractivity contribution in [3.8, 4) is 0 Å². The Labute approximate surface area is 112 Å². The van der Waals surface area contributed by atoms with Crippen LogP contribution < -0.4 is 0 Å². The fourth-order valence-corrected chi connectivity index (χ4v) is 4.97. The summed E-state index contributed by atoms with van der Waals surface area (Å²) in [6, 6.07) is 20.9. The van der Waals surface area contributed by atoms with E-state index in [1.165, 1.54) is 9.79 Å². The predicted molar refractivity (Wildman–Crippen MR) is 82.5 cm³/mol. The minimum atomic E-state index is -1.51. The summed E-state index contributed by atoms with van der Waals surface area (Å²) in [6.07, 6.45) is 0. The van der Waals surface area contributed by atoms with Gasteiger partial charge in [-0.15, -0.1) is 0 Å². The van der Waals surface area contributed by atoms with E-state index in [2.05, 4.69) is 69.3 Å². The van der Waals surface area contributed by atoms with Gasteiger partial charge in [0.2, 0.25) is 0 Å². The topological polar surface area (TPSA) is 0 Å². The number of benzene rings is 2. The minimum absolute atomic E-state index is 0.0235. The van der Waals surface area contributed by atoms with Gasteiger partial charge in [0.05, 0.1) is 0 Å². The number of rotatable bonds is 0. The zero-order valence-electron chi connectivity index (χ0n) is 11.3. The molecule has 2 rings (SSSR count). The first-order valence-corrected chi connectivity index (χ1v) is 7.87. The summed E-state index contributed by atoms with van der Waals surface area (Å²) in [5, 5.41) is 0. The first-order valence-electron chi connectivity index (χ1n) is 6.17. The van der Waals surface area contributed by atoms with Crippen molar-refractivity contribution >= 4 is 15.8 Å². The summed E-state index contributed by atoms with van der Waals surface area (Å²) < 4.78 is 0.0235. The Bertz CT molecular complexity index is 567. The van der Waals surface area contributed by atoms with E-state index in [-0.39, 0.29) is 4.75 Å². The van der Waals surface area contributed by atoms with Crippen molar-refractivity contribution in [3.05, 3.63) is 60.7 Å². The van der Waals surface area contributed by atoms with Crippen LogP contribution in [-0.4, -0.2) is 11.3 Å². The van der Waals surface area contributed by atoms with Crippen LogP contribution in [0.5, 0.6) is 0 Å². The van der Waals surface area contributed by atoms with Gasteiger partial charge in [-0.2, -0.15) is 0 Å². The third-order valence-electron chi connectivity index (χ3n) is 3.20. The molecule has 0 aromatic heterocycles. The Hall–Kier alpha value is -1.15. The zero-order valence-corrected chi connectivity index (χ0v) is 12.1. The number of hydrogen-bond acceptors (Lipinski definition) is 0. The van der Waals surface area contributed by atoms with Crippen LogP contribution in [0.2, 0.25) is 0 Å². The fraction of sp³-hybridized carbons (Fsp3) is 0.250. The summed E-state index contributed by atoms with van der Waals surface area (Å²) in [6.45, 7) is 13.6. The van der Waals surface area contributed by atoms with E-state index in [0.717, 1.165) is 0 Å². The molecule has 0 aliphatic heterocycles. The Balaban J connectivity index is 2.70. The van der Waals surface area contributed by atoms with Crippen molar-refractivity contribution in [1.29, 1.82) is 0 Å². The van der Waals surface area contributed by atoms with E-state index in [4.69, 9.17) is 6.53 Å².